The molecule has 0 aromatic heterocycles. The van der Waals surface area contributed by atoms with Gasteiger partial charge in [-0.2, -0.15) is 0 Å². The van der Waals surface area contributed by atoms with Gasteiger partial charge in [-0.25, -0.2) is 0 Å². The van der Waals surface area contributed by atoms with Gasteiger partial charge in [0.15, 0.2) is 0 Å². The van der Waals surface area contributed by atoms with E-state index in [9.17, 15) is 4.79 Å². The van der Waals surface area contributed by atoms with Crippen LogP contribution in [0.3, 0.4) is 0 Å². The molecule has 0 spiro atoms. The Morgan fingerprint density at radius 3 is 2.32 bits per heavy atom. The zero-order chi connectivity index (χ0) is 17.2. The molecule has 124 valence electrons. The number of hydrogen-bond acceptors (Lipinski definition) is 1. The van der Waals surface area contributed by atoms with E-state index in [4.69, 9.17) is 0 Å². The van der Waals surface area contributed by atoms with Gasteiger partial charge in [0.1, 0.15) is 0 Å². The summed E-state index contributed by atoms with van der Waals surface area (Å²) in [5.74, 6) is 0. The molecule has 2 heteroatoms. The molecule has 1 amide bonds. The molecule has 0 bridgehead atoms. The first kappa shape index (κ1) is 15.6. The van der Waals surface area contributed by atoms with Crippen LogP contribution in [0.5, 0.6) is 0 Å². The van der Waals surface area contributed by atoms with Crippen molar-refractivity contribution >= 4 is 22.9 Å². The molecule has 1 N–H and O–H groups in total. The van der Waals surface area contributed by atoms with E-state index in [-0.39, 0.29) is 0 Å². The van der Waals surface area contributed by atoms with Crippen LogP contribution in [0.4, 0.5) is 0 Å². The molecule has 2 nitrogen and oxygen atoms in total. The highest BCUT2D eigenvalue weighted by Crippen LogP contribution is 2.38. The van der Waals surface area contributed by atoms with Crippen molar-refractivity contribution in [3.63, 3.8) is 0 Å². The Bertz CT molecular complexity index is 956. The van der Waals surface area contributed by atoms with Crippen molar-refractivity contribution in [1.82, 2.24) is 5.32 Å². The van der Waals surface area contributed by atoms with Crippen LogP contribution >= 0.6 is 0 Å². The maximum absolute atomic E-state index is 11.2. The van der Waals surface area contributed by atoms with Crippen molar-refractivity contribution in [3.8, 4) is 11.1 Å². The lowest BCUT2D eigenvalue weighted by Crippen LogP contribution is -2.15. The predicted molar refractivity (Wildman–Crippen MR) is 104 cm³/mol. The molecule has 1 aliphatic carbocycles. The zero-order valence-electron chi connectivity index (χ0n) is 14.4. The van der Waals surface area contributed by atoms with Crippen LogP contribution in [0, 0.1) is 6.92 Å². The third kappa shape index (κ3) is 2.85. The summed E-state index contributed by atoms with van der Waals surface area (Å²) in [4.78, 5) is 11.2. The first-order valence-electron chi connectivity index (χ1n) is 8.79. The molecule has 3 aromatic carbocycles. The number of aryl methyl sites for hydroxylation is 1. The van der Waals surface area contributed by atoms with E-state index in [0.717, 1.165) is 30.5 Å². The van der Waals surface area contributed by atoms with Crippen molar-refractivity contribution in [2.24, 2.45) is 0 Å². The second kappa shape index (κ2) is 6.56. The monoisotopic (exact) mass is 327 g/mol. The lowest BCUT2D eigenvalue weighted by atomic mass is 9.85. The third-order valence-electron chi connectivity index (χ3n) is 5.05. The molecular weight excluding hydrogens is 306 g/mol. The normalized spacial score (nSPS) is 13.4. The smallest absolute Gasteiger partial charge is 0.211 e. The lowest BCUT2D eigenvalue weighted by Gasteiger charge is -2.23. The summed E-state index contributed by atoms with van der Waals surface area (Å²) in [6.07, 6.45) is 4.14. The Morgan fingerprint density at radius 2 is 1.68 bits per heavy atom. The van der Waals surface area contributed by atoms with Gasteiger partial charge in [-0.1, -0.05) is 66.2 Å². The minimum Gasteiger partial charge on any atom is -0.328 e. The number of nitrogens with one attached hydrogen (secondary N) is 1. The summed E-state index contributed by atoms with van der Waals surface area (Å²) in [6.45, 7) is 2.10. The number of carbonyl (C=O) groups excluding carboxylic acids is 1. The fourth-order valence-electron chi connectivity index (χ4n) is 3.56. The third-order valence-corrected chi connectivity index (χ3v) is 5.05. The Morgan fingerprint density at radius 1 is 0.960 bits per heavy atom. The summed E-state index contributed by atoms with van der Waals surface area (Å²) in [7, 11) is 0. The lowest BCUT2D eigenvalue weighted by molar-refractivity contribution is -0.108. The highest BCUT2D eigenvalue weighted by molar-refractivity contribution is 6.04. The number of fused-ring (bicyclic) bond motifs is 1. The van der Waals surface area contributed by atoms with Gasteiger partial charge in [0, 0.05) is 11.3 Å². The number of benzene rings is 3. The Kier molecular flexibility index (Phi) is 4.10. The molecular formula is C23H21NO. The Hall–Kier alpha value is -2.87. The quantitative estimate of drug-likeness (QED) is 0.634. The van der Waals surface area contributed by atoms with Crippen molar-refractivity contribution in [2.45, 2.75) is 26.2 Å². The van der Waals surface area contributed by atoms with Crippen LogP contribution in [-0.4, -0.2) is 6.41 Å². The first-order valence-corrected chi connectivity index (χ1v) is 8.79. The highest BCUT2D eigenvalue weighted by Gasteiger charge is 2.19. The molecule has 25 heavy (non-hydrogen) atoms. The maximum atomic E-state index is 11.2. The zero-order valence-corrected chi connectivity index (χ0v) is 14.4. The molecule has 1 fully saturated rings. The van der Waals surface area contributed by atoms with E-state index in [0.29, 0.717) is 0 Å². The number of amides is 1. The average molecular weight is 327 g/mol. The van der Waals surface area contributed by atoms with Crippen molar-refractivity contribution < 1.29 is 4.79 Å². The van der Waals surface area contributed by atoms with Gasteiger partial charge >= 0.3 is 0 Å². The van der Waals surface area contributed by atoms with E-state index in [1.807, 2.05) is 0 Å². The molecule has 4 rings (SSSR count). The molecule has 0 atom stereocenters. The van der Waals surface area contributed by atoms with Crippen LogP contribution in [0.25, 0.3) is 27.6 Å². The van der Waals surface area contributed by atoms with Crippen molar-refractivity contribution in [1.29, 1.82) is 0 Å². The number of carbonyl (C=O) groups is 1. The molecule has 0 radical (unpaired) electrons. The number of hydrogen-bond donors (Lipinski definition) is 1. The first-order chi connectivity index (χ1) is 12.3. The van der Waals surface area contributed by atoms with Gasteiger partial charge in [-0.15, -0.1) is 0 Å². The Balaban J connectivity index is 1.99. The van der Waals surface area contributed by atoms with E-state index in [1.165, 1.54) is 39.5 Å². The van der Waals surface area contributed by atoms with Gasteiger partial charge in [0.2, 0.25) is 6.41 Å². The molecule has 0 heterocycles. The highest BCUT2D eigenvalue weighted by atomic mass is 16.1. The van der Waals surface area contributed by atoms with Crippen LogP contribution < -0.4 is 5.32 Å². The summed E-state index contributed by atoms with van der Waals surface area (Å²) in [6, 6.07) is 21.4. The summed E-state index contributed by atoms with van der Waals surface area (Å²) < 4.78 is 0. The van der Waals surface area contributed by atoms with Gasteiger partial charge in [-0.3, -0.25) is 4.79 Å². The fraction of sp³-hybridized carbons (Fsp3) is 0.174. The maximum Gasteiger partial charge on any atom is 0.211 e. The minimum absolute atomic E-state index is 0.800. The van der Waals surface area contributed by atoms with E-state index in [1.54, 1.807) is 0 Å². The van der Waals surface area contributed by atoms with Gasteiger partial charge in [0.25, 0.3) is 0 Å². The second-order valence-corrected chi connectivity index (χ2v) is 6.67. The number of allylic oxidation sites excluding steroid dienone is 1. The SMILES string of the molecule is Cc1ccc(-c2cccc3cccc(C(NC=O)=C4CCC4)c23)cc1. The number of rotatable bonds is 4. The molecule has 1 aliphatic rings. The molecule has 0 unspecified atom stereocenters. The molecule has 0 saturated heterocycles. The van der Waals surface area contributed by atoms with Crippen LogP contribution in [0.1, 0.15) is 30.4 Å². The molecule has 0 aliphatic heterocycles. The van der Waals surface area contributed by atoms with E-state index >= 15 is 0 Å². The summed E-state index contributed by atoms with van der Waals surface area (Å²) in [5, 5.41) is 5.38. The van der Waals surface area contributed by atoms with Crippen LogP contribution in [0.2, 0.25) is 0 Å². The topological polar surface area (TPSA) is 29.1 Å². The standard InChI is InChI=1S/C23H21NO/c1-16-11-13-17(14-12-16)20-9-3-5-18-6-4-10-21(22(18)20)23(24-15-25)19-7-2-8-19/h3-6,9-15H,2,7-8H2,1H3,(H,24,25). The summed E-state index contributed by atoms with van der Waals surface area (Å²) in [5.41, 5.74) is 7.12. The molecule has 3 aromatic rings. The van der Waals surface area contributed by atoms with Gasteiger partial charge < -0.3 is 5.32 Å². The second-order valence-electron chi connectivity index (χ2n) is 6.67. The fourth-order valence-corrected chi connectivity index (χ4v) is 3.56. The van der Waals surface area contributed by atoms with Crippen molar-refractivity contribution in [3.05, 3.63) is 77.4 Å². The summed E-state index contributed by atoms with van der Waals surface area (Å²) >= 11 is 0. The van der Waals surface area contributed by atoms with Gasteiger partial charge in [-0.05, 0) is 53.7 Å². The average Bonchev–Trinajstić information content (AvgIpc) is 2.59. The van der Waals surface area contributed by atoms with E-state index in [2.05, 4.69) is 72.9 Å². The van der Waals surface area contributed by atoms with Gasteiger partial charge in [0.05, 0.1) is 0 Å². The van der Waals surface area contributed by atoms with E-state index < -0.39 is 0 Å². The van der Waals surface area contributed by atoms with Crippen LogP contribution in [0.15, 0.2) is 66.2 Å². The van der Waals surface area contributed by atoms with Crippen LogP contribution in [-0.2, 0) is 4.79 Å². The van der Waals surface area contributed by atoms with Crippen molar-refractivity contribution in [2.75, 3.05) is 0 Å². The minimum atomic E-state index is 0.800. The predicted octanol–water partition coefficient (Wildman–Crippen LogP) is 5.46. The molecule has 1 saturated carbocycles. The largest absolute Gasteiger partial charge is 0.328 e. The Labute approximate surface area is 148 Å².